The second-order valence-corrected chi connectivity index (χ2v) is 6.15. The number of nitrogens with one attached hydrogen (secondary N) is 1. The van der Waals surface area contributed by atoms with Gasteiger partial charge in [0.1, 0.15) is 5.82 Å². The van der Waals surface area contributed by atoms with Gasteiger partial charge in [0, 0.05) is 32.9 Å². The van der Waals surface area contributed by atoms with Gasteiger partial charge in [-0.2, -0.15) is 0 Å². The van der Waals surface area contributed by atoms with Crippen molar-refractivity contribution in [3.8, 4) is 0 Å². The number of rotatable bonds is 6. The molecule has 1 aliphatic rings. The van der Waals surface area contributed by atoms with Gasteiger partial charge in [-0.3, -0.25) is 0 Å². The Hall–Kier alpha value is -1.13. The minimum atomic E-state index is 0.311. The van der Waals surface area contributed by atoms with E-state index in [0.717, 1.165) is 38.4 Å². The fourth-order valence-electron chi connectivity index (χ4n) is 3.00. The molecule has 1 aromatic rings. The molecule has 4 nitrogen and oxygen atoms in total. The third kappa shape index (κ3) is 4.17. The Morgan fingerprint density at radius 3 is 2.95 bits per heavy atom. The standard InChI is InChI=1S/C17H29N3O/c1-5-7-18-10-15-9-14(3)17(19-11-15)20-8-6-13(2)16(12-20)21-4/h9,11,13,16,18H,5-8,10,12H2,1-4H3. The van der Waals surface area contributed by atoms with E-state index in [1.165, 1.54) is 17.5 Å². The summed E-state index contributed by atoms with van der Waals surface area (Å²) in [5.74, 6) is 1.74. The molecule has 21 heavy (non-hydrogen) atoms. The number of methoxy groups -OCH3 is 1. The van der Waals surface area contributed by atoms with Crippen molar-refractivity contribution < 1.29 is 4.74 Å². The molecule has 0 aliphatic carbocycles. The van der Waals surface area contributed by atoms with Gasteiger partial charge in [-0.1, -0.05) is 13.8 Å². The quantitative estimate of drug-likeness (QED) is 0.818. The van der Waals surface area contributed by atoms with Crippen molar-refractivity contribution in [3.05, 3.63) is 23.4 Å². The summed E-state index contributed by atoms with van der Waals surface area (Å²) in [4.78, 5) is 7.07. The van der Waals surface area contributed by atoms with Crippen molar-refractivity contribution in [2.45, 2.75) is 46.3 Å². The second kappa shape index (κ2) is 7.76. The topological polar surface area (TPSA) is 37.4 Å². The Morgan fingerprint density at radius 1 is 1.48 bits per heavy atom. The number of aryl methyl sites for hydroxylation is 1. The number of piperidine rings is 1. The SMILES string of the molecule is CCCNCc1cnc(N2CCC(C)C(OC)C2)c(C)c1. The predicted molar refractivity (Wildman–Crippen MR) is 87.8 cm³/mol. The first kappa shape index (κ1) is 16.2. The Balaban J connectivity index is 2.03. The van der Waals surface area contributed by atoms with E-state index in [-0.39, 0.29) is 0 Å². The van der Waals surface area contributed by atoms with Crippen LogP contribution in [0.1, 0.15) is 37.8 Å². The highest BCUT2D eigenvalue weighted by Crippen LogP contribution is 2.26. The van der Waals surface area contributed by atoms with Crippen LogP contribution in [-0.4, -0.2) is 37.8 Å². The lowest BCUT2D eigenvalue weighted by Crippen LogP contribution is -2.44. The number of pyridine rings is 1. The fourth-order valence-corrected chi connectivity index (χ4v) is 3.00. The first-order chi connectivity index (χ1) is 10.2. The van der Waals surface area contributed by atoms with Crippen LogP contribution in [0.4, 0.5) is 5.82 Å². The van der Waals surface area contributed by atoms with Crippen LogP contribution in [0, 0.1) is 12.8 Å². The number of hydrogen-bond donors (Lipinski definition) is 1. The summed E-state index contributed by atoms with van der Waals surface area (Å²) in [6, 6.07) is 2.25. The summed E-state index contributed by atoms with van der Waals surface area (Å²) in [6.07, 6.45) is 4.64. The molecule has 2 atom stereocenters. The van der Waals surface area contributed by atoms with Crippen LogP contribution in [0.5, 0.6) is 0 Å². The molecule has 2 rings (SSSR count). The normalized spacial score (nSPS) is 22.6. The first-order valence-corrected chi connectivity index (χ1v) is 8.09. The first-order valence-electron chi connectivity index (χ1n) is 8.09. The van der Waals surface area contributed by atoms with Gasteiger partial charge in [0.2, 0.25) is 0 Å². The van der Waals surface area contributed by atoms with Crippen LogP contribution >= 0.6 is 0 Å². The minimum absolute atomic E-state index is 0.311. The molecule has 0 bridgehead atoms. The highest BCUT2D eigenvalue weighted by Gasteiger charge is 2.27. The number of ether oxygens (including phenoxy) is 1. The van der Waals surface area contributed by atoms with Crippen molar-refractivity contribution in [2.24, 2.45) is 5.92 Å². The molecule has 0 amide bonds. The second-order valence-electron chi connectivity index (χ2n) is 6.15. The maximum Gasteiger partial charge on any atom is 0.131 e. The average Bonchev–Trinajstić information content (AvgIpc) is 2.48. The predicted octanol–water partition coefficient (Wildman–Crippen LogP) is 2.75. The van der Waals surface area contributed by atoms with E-state index in [4.69, 9.17) is 9.72 Å². The van der Waals surface area contributed by atoms with Gasteiger partial charge in [-0.15, -0.1) is 0 Å². The van der Waals surface area contributed by atoms with Gasteiger partial charge in [0.25, 0.3) is 0 Å². The molecule has 2 heterocycles. The third-order valence-corrected chi connectivity index (χ3v) is 4.35. The van der Waals surface area contributed by atoms with Crippen LogP contribution in [0.25, 0.3) is 0 Å². The molecular formula is C17H29N3O. The van der Waals surface area contributed by atoms with Gasteiger partial charge in [-0.05, 0) is 49.4 Å². The van der Waals surface area contributed by atoms with E-state index < -0.39 is 0 Å². The molecule has 1 saturated heterocycles. The number of aromatic nitrogens is 1. The average molecular weight is 291 g/mol. The molecule has 1 aromatic heterocycles. The molecule has 0 saturated carbocycles. The summed E-state index contributed by atoms with van der Waals surface area (Å²) < 4.78 is 5.60. The van der Waals surface area contributed by atoms with Crippen molar-refractivity contribution in [3.63, 3.8) is 0 Å². The molecule has 0 radical (unpaired) electrons. The zero-order valence-corrected chi connectivity index (χ0v) is 13.9. The summed E-state index contributed by atoms with van der Waals surface area (Å²) in [7, 11) is 1.81. The minimum Gasteiger partial charge on any atom is -0.379 e. The van der Waals surface area contributed by atoms with Gasteiger partial charge in [0.05, 0.1) is 6.10 Å². The molecule has 1 aliphatic heterocycles. The zero-order valence-electron chi connectivity index (χ0n) is 13.9. The smallest absolute Gasteiger partial charge is 0.131 e. The van der Waals surface area contributed by atoms with E-state index in [2.05, 4.69) is 37.1 Å². The van der Waals surface area contributed by atoms with Crippen LogP contribution in [0.2, 0.25) is 0 Å². The molecule has 0 spiro atoms. The number of nitrogens with zero attached hydrogens (tertiary/aromatic N) is 2. The van der Waals surface area contributed by atoms with Crippen molar-refractivity contribution in [2.75, 3.05) is 31.6 Å². The zero-order chi connectivity index (χ0) is 15.2. The molecule has 4 heteroatoms. The van der Waals surface area contributed by atoms with Crippen LogP contribution in [-0.2, 0) is 11.3 Å². The lowest BCUT2D eigenvalue weighted by atomic mass is 9.95. The van der Waals surface area contributed by atoms with E-state index in [0.29, 0.717) is 12.0 Å². The molecule has 1 N–H and O–H groups in total. The highest BCUT2D eigenvalue weighted by molar-refractivity contribution is 5.48. The summed E-state index contributed by atoms with van der Waals surface area (Å²) in [6.45, 7) is 10.6. The van der Waals surface area contributed by atoms with E-state index in [1.807, 2.05) is 13.3 Å². The number of hydrogen-bond acceptors (Lipinski definition) is 4. The van der Waals surface area contributed by atoms with Gasteiger partial charge in [0.15, 0.2) is 0 Å². The summed E-state index contributed by atoms with van der Waals surface area (Å²) in [5, 5.41) is 3.43. The molecular weight excluding hydrogens is 262 g/mol. The molecule has 2 unspecified atom stereocenters. The lowest BCUT2D eigenvalue weighted by molar-refractivity contribution is 0.0496. The van der Waals surface area contributed by atoms with Gasteiger partial charge >= 0.3 is 0 Å². The van der Waals surface area contributed by atoms with Crippen LogP contribution < -0.4 is 10.2 Å². The Morgan fingerprint density at radius 2 is 2.29 bits per heavy atom. The monoisotopic (exact) mass is 291 g/mol. The third-order valence-electron chi connectivity index (χ3n) is 4.35. The van der Waals surface area contributed by atoms with Crippen LogP contribution in [0.15, 0.2) is 12.3 Å². The van der Waals surface area contributed by atoms with Gasteiger partial charge < -0.3 is 15.0 Å². The Kier molecular flexibility index (Phi) is 6.00. The van der Waals surface area contributed by atoms with Gasteiger partial charge in [-0.25, -0.2) is 4.98 Å². The van der Waals surface area contributed by atoms with Crippen LogP contribution in [0.3, 0.4) is 0 Å². The fraction of sp³-hybridized carbons (Fsp3) is 0.706. The lowest BCUT2D eigenvalue weighted by Gasteiger charge is -2.37. The van der Waals surface area contributed by atoms with E-state index >= 15 is 0 Å². The van der Waals surface area contributed by atoms with E-state index in [1.54, 1.807) is 0 Å². The van der Waals surface area contributed by atoms with Crippen molar-refractivity contribution in [1.82, 2.24) is 10.3 Å². The highest BCUT2D eigenvalue weighted by atomic mass is 16.5. The molecule has 1 fully saturated rings. The van der Waals surface area contributed by atoms with Crippen molar-refractivity contribution >= 4 is 5.82 Å². The Bertz CT molecular complexity index is 450. The number of anilines is 1. The largest absolute Gasteiger partial charge is 0.379 e. The van der Waals surface area contributed by atoms with Crippen molar-refractivity contribution in [1.29, 1.82) is 0 Å². The molecule has 0 aromatic carbocycles. The maximum absolute atomic E-state index is 5.60. The van der Waals surface area contributed by atoms with E-state index in [9.17, 15) is 0 Å². The summed E-state index contributed by atoms with van der Waals surface area (Å²) in [5.41, 5.74) is 2.52. The Labute approximate surface area is 128 Å². The maximum atomic E-state index is 5.60. The summed E-state index contributed by atoms with van der Waals surface area (Å²) >= 11 is 0. The molecule has 118 valence electrons.